The van der Waals surface area contributed by atoms with E-state index in [0.29, 0.717) is 23.4 Å². The molecule has 1 aliphatic rings. The van der Waals surface area contributed by atoms with E-state index in [9.17, 15) is 5.11 Å². The maximum absolute atomic E-state index is 10.5. The zero-order valence-electron chi connectivity index (χ0n) is 16.0. The number of nitrogens with one attached hydrogen (secondary N) is 2. The summed E-state index contributed by atoms with van der Waals surface area (Å²) >= 11 is 0. The number of nitrogens with zero attached hydrogens (tertiary/aromatic N) is 3. The van der Waals surface area contributed by atoms with Crippen LogP contribution in [0.4, 0.5) is 5.82 Å². The van der Waals surface area contributed by atoms with Crippen molar-refractivity contribution in [2.75, 3.05) is 19.0 Å². The van der Waals surface area contributed by atoms with E-state index < -0.39 is 5.60 Å². The SMILES string of the molecule is COc1cc2ncc(-c3cccc(NC4CNC4C)n3)n2cc1C(C)(C)O. The summed E-state index contributed by atoms with van der Waals surface area (Å²) in [6, 6.07) is 8.59. The Kier molecular flexibility index (Phi) is 4.28. The number of aliphatic hydroxyl groups is 1. The Morgan fingerprint density at radius 3 is 2.81 bits per heavy atom. The molecular weight excluding hydrogens is 342 g/mol. The summed E-state index contributed by atoms with van der Waals surface area (Å²) in [7, 11) is 1.60. The molecule has 0 bridgehead atoms. The zero-order chi connectivity index (χ0) is 19.2. The zero-order valence-corrected chi connectivity index (χ0v) is 16.0. The lowest BCUT2D eigenvalue weighted by Crippen LogP contribution is -2.59. The lowest BCUT2D eigenvalue weighted by molar-refractivity contribution is 0.0752. The molecule has 0 amide bonds. The van der Waals surface area contributed by atoms with Crippen LogP contribution in [0.3, 0.4) is 0 Å². The first-order valence-corrected chi connectivity index (χ1v) is 9.12. The molecule has 0 spiro atoms. The van der Waals surface area contributed by atoms with Crippen LogP contribution in [0.25, 0.3) is 17.0 Å². The number of fused-ring (bicyclic) bond motifs is 1. The highest BCUT2D eigenvalue weighted by Crippen LogP contribution is 2.32. The van der Waals surface area contributed by atoms with Crippen molar-refractivity contribution in [1.82, 2.24) is 19.7 Å². The second-order valence-electron chi connectivity index (χ2n) is 7.54. The van der Waals surface area contributed by atoms with Gasteiger partial charge in [-0.2, -0.15) is 0 Å². The molecule has 7 nitrogen and oxygen atoms in total. The van der Waals surface area contributed by atoms with Crippen molar-refractivity contribution in [3.05, 3.63) is 42.2 Å². The van der Waals surface area contributed by atoms with Crippen molar-refractivity contribution in [3.8, 4) is 17.1 Å². The summed E-state index contributed by atoms with van der Waals surface area (Å²) in [5.41, 5.74) is 2.08. The predicted molar refractivity (Wildman–Crippen MR) is 105 cm³/mol. The Hall–Kier alpha value is -2.64. The number of pyridine rings is 2. The average molecular weight is 367 g/mol. The molecule has 3 N–H and O–H groups in total. The van der Waals surface area contributed by atoms with Crippen molar-refractivity contribution < 1.29 is 9.84 Å². The van der Waals surface area contributed by atoms with E-state index in [2.05, 4.69) is 22.5 Å². The largest absolute Gasteiger partial charge is 0.496 e. The van der Waals surface area contributed by atoms with Gasteiger partial charge in [-0.1, -0.05) is 6.07 Å². The van der Waals surface area contributed by atoms with E-state index in [1.54, 1.807) is 27.2 Å². The summed E-state index contributed by atoms with van der Waals surface area (Å²) in [5.74, 6) is 1.46. The van der Waals surface area contributed by atoms with Gasteiger partial charge in [0.15, 0.2) is 0 Å². The first-order valence-electron chi connectivity index (χ1n) is 9.12. The molecule has 4 rings (SSSR count). The number of rotatable bonds is 5. The van der Waals surface area contributed by atoms with E-state index in [4.69, 9.17) is 9.72 Å². The molecule has 1 fully saturated rings. The van der Waals surface area contributed by atoms with Gasteiger partial charge in [-0.15, -0.1) is 0 Å². The molecule has 2 unspecified atom stereocenters. The van der Waals surface area contributed by atoms with Crippen molar-refractivity contribution in [2.24, 2.45) is 0 Å². The van der Waals surface area contributed by atoms with Gasteiger partial charge in [0.05, 0.1) is 36.3 Å². The molecule has 27 heavy (non-hydrogen) atoms. The minimum Gasteiger partial charge on any atom is -0.496 e. The summed E-state index contributed by atoms with van der Waals surface area (Å²) < 4.78 is 7.38. The monoisotopic (exact) mass is 367 g/mol. The van der Waals surface area contributed by atoms with Gasteiger partial charge in [0, 0.05) is 30.4 Å². The molecule has 1 saturated heterocycles. The van der Waals surface area contributed by atoms with E-state index in [0.717, 1.165) is 29.4 Å². The average Bonchev–Trinajstić information content (AvgIpc) is 3.06. The fraction of sp³-hybridized carbons (Fsp3) is 0.400. The number of aromatic nitrogens is 3. The number of hydrogen-bond acceptors (Lipinski definition) is 6. The van der Waals surface area contributed by atoms with Crippen molar-refractivity contribution >= 4 is 11.5 Å². The summed E-state index contributed by atoms with van der Waals surface area (Å²) in [4.78, 5) is 9.25. The second-order valence-corrected chi connectivity index (χ2v) is 7.54. The first kappa shape index (κ1) is 17.8. The minimum absolute atomic E-state index is 0.390. The van der Waals surface area contributed by atoms with E-state index in [-0.39, 0.29) is 0 Å². The number of anilines is 1. The molecule has 3 aromatic heterocycles. The van der Waals surface area contributed by atoms with Crippen LogP contribution in [0.1, 0.15) is 26.3 Å². The number of hydrogen-bond donors (Lipinski definition) is 3. The van der Waals surface area contributed by atoms with E-state index in [1.807, 2.05) is 34.9 Å². The lowest BCUT2D eigenvalue weighted by atomic mass is 9.99. The van der Waals surface area contributed by atoms with Crippen molar-refractivity contribution in [2.45, 2.75) is 38.5 Å². The molecule has 0 saturated carbocycles. The number of imidazole rings is 1. The van der Waals surface area contributed by atoms with Gasteiger partial charge in [0.2, 0.25) is 0 Å². The van der Waals surface area contributed by atoms with Gasteiger partial charge in [-0.3, -0.25) is 4.40 Å². The van der Waals surface area contributed by atoms with Gasteiger partial charge in [0.25, 0.3) is 0 Å². The normalized spacial score (nSPS) is 19.7. The van der Waals surface area contributed by atoms with Crippen LogP contribution in [0, 0.1) is 0 Å². The van der Waals surface area contributed by atoms with Crippen LogP contribution in [-0.4, -0.2) is 45.2 Å². The summed E-state index contributed by atoms with van der Waals surface area (Å²) in [6.07, 6.45) is 3.67. The molecule has 142 valence electrons. The Labute approximate surface area is 158 Å². The van der Waals surface area contributed by atoms with Gasteiger partial charge < -0.3 is 20.5 Å². The molecule has 0 radical (unpaired) electrons. The van der Waals surface area contributed by atoms with Gasteiger partial charge >= 0.3 is 0 Å². The van der Waals surface area contributed by atoms with Crippen LogP contribution in [0.2, 0.25) is 0 Å². The van der Waals surface area contributed by atoms with E-state index in [1.165, 1.54) is 0 Å². The number of ether oxygens (including phenoxy) is 1. The van der Waals surface area contributed by atoms with Crippen LogP contribution < -0.4 is 15.4 Å². The van der Waals surface area contributed by atoms with Gasteiger partial charge in [-0.25, -0.2) is 9.97 Å². The highest BCUT2D eigenvalue weighted by Gasteiger charge is 2.26. The fourth-order valence-corrected chi connectivity index (χ4v) is 3.32. The van der Waals surface area contributed by atoms with Gasteiger partial charge in [-0.05, 0) is 32.9 Å². The highest BCUT2D eigenvalue weighted by atomic mass is 16.5. The van der Waals surface area contributed by atoms with Crippen LogP contribution in [0.15, 0.2) is 36.7 Å². The van der Waals surface area contributed by atoms with E-state index >= 15 is 0 Å². The second kappa shape index (κ2) is 6.51. The predicted octanol–water partition coefficient (Wildman–Crippen LogP) is 2.40. The molecular formula is C20H25N5O2. The topological polar surface area (TPSA) is 83.7 Å². The first-order chi connectivity index (χ1) is 12.9. The smallest absolute Gasteiger partial charge is 0.140 e. The lowest BCUT2D eigenvalue weighted by Gasteiger charge is -2.36. The summed E-state index contributed by atoms with van der Waals surface area (Å²) in [5, 5.41) is 17.3. The van der Waals surface area contributed by atoms with Crippen molar-refractivity contribution in [3.63, 3.8) is 0 Å². The number of methoxy groups -OCH3 is 1. The third kappa shape index (κ3) is 3.24. The Balaban J connectivity index is 1.75. The Morgan fingerprint density at radius 1 is 1.37 bits per heavy atom. The quantitative estimate of drug-likeness (QED) is 0.642. The molecule has 0 aliphatic carbocycles. The molecule has 7 heteroatoms. The van der Waals surface area contributed by atoms with Crippen LogP contribution >= 0.6 is 0 Å². The molecule has 1 aliphatic heterocycles. The third-order valence-electron chi connectivity index (χ3n) is 5.10. The Morgan fingerprint density at radius 2 is 2.19 bits per heavy atom. The Bertz CT molecular complexity index is 976. The molecule has 0 aromatic carbocycles. The molecule has 4 heterocycles. The van der Waals surface area contributed by atoms with Crippen LogP contribution in [-0.2, 0) is 5.60 Å². The molecule has 2 atom stereocenters. The fourth-order valence-electron chi connectivity index (χ4n) is 3.32. The van der Waals surface area contributed by atoms with Gasteiger partial charge in [0.1, 0.15) is 17.2 Å². The maximum atomic E-state index is 10.5. The standard InChI is InChI=1S/C20H25N5O2/c1-12-15(9-21-12)24-18-7-5-6-14(23-18)16-10-22-19-8-17(27-4)13(11-25(16)19)20(2,3)26/h5-8,10-12,15,21,26H,9H2,1-4H3,(H,23,24). The molecule has 3 aromatic rings. The summed E-state index contributed by atoms with van der Waals surface area (Å²) in [6.45, 7) is 6.58. The van der Waals surface area contributed by atoms with Crippen molar-refractivity contribution in [1.29, 1.82) is 0 Å². The third-order valence-corrected chi connectivity index (χ3v) is 5.10. The van der Waals surface area contributed by atoms with Crippen LogP contribution in [0.5, 0.6) is 5.75 Å². The maximum Gasteiger partial charge on any atom is 0.140 e. The minimum atomic E-state index is -1.04. The highest BCUT2D eigenvalue weighted by molar-refractivity contribution is 5.64.